The summed E-state index contributed by atoms with van der Waals surface area (Å²) in [5, 5.41) is 0. The Morgan fingerprint density at radius 1 is 1.25 bits per heavy atom. The standard InChI is InChI=1S/C17H29BrN2/c1-6-16(19)10-14-7-8-15(18)11-17(14)20(5)13(4)9-12(2)3/h7-8,11-13,16H,6,9-10,19H2,1-5H3. The first-order valence-corrected chi connectivity index (χ1v) is 8.41. The van der Waals surface area contributed by atoms with E-state index < -0.39 is 0 Å². The maximum absolute atomic E-state index is 6.14. The molecule has 1 rings (SSSR count). The zero-order valence-corrected chi connectivity index (χ0v) is 15.1. The SMILES string of the molecule is CCC(N)Cc1ccc(Br)cc1N(C)C(C)CC(C)C. The van der Waals surface area contributed by atoms with Crippen LogP contribution in [-0.4, -0.2) is 19.1 Å². The van der Waals surface area contributed by atoms with E-state index in [-0.39, 0.29) is 6.04 Å². The maximum Gasteiger partial charge on any atom is 0.0410 e. The van der Waals surface area contributed by atoms with E-state index in [4.69, 9.17) is 5.73 Å². The summed E-state index contributed by atoms with van der Waals surface area (Å²) >= 11 is 3.59. The molecular formula is C17H29BrN2. The molecule has 0 amide bonds. The third kappa shape index (κ3) is 5.10. The van der Waals surface area contributed by atoms with Gasteiger partial charge in [0.05, 0.1) is 0 Å². The zero-order valence-electron chi connectivity index (χ0n) is 13.5. The summed E-state index contributed by atoms with van der Waals surface area (Å²) in [6.07, 6.45) is 3.15. The molecule has 3 heteroatoms. The molecule has 1 aromatic carbocycles. The summed E-state index contributed by atoms with van der Waals surface area (Å²) in [4.78, 5) is 2.39. The van der Waals surface area contributed by atoms with Gasteiger partial charge >= 0.3 is 0 Å². The Kier molecular flexibility index (Phi) is 7.04. The summed E-state index contributed by atoms with van der Waals surface area (Å²) in [5.41, 5.74) is 8.79. The van der Waals surface area contributed by atoms with Crippen LogP contribution in [0.1, 0.15) is 46.1 Å². The minimum absolute atomic E-state index is 0.240. The van der Waals surface area contributed by atoms with Crippen molar-refractivity contribution >= 4 is 21.6 Å². The fourth-order valence-corrected chi connectivity index (χ4v) is 2.89. The summed E-state index contributed by atoms with van der Waals surface area (Å²) in [7, 11) is 2.19. The lowest BCUT2D eigenvalue weighted by Gasteiger charge is -2.31. The minimum atomic E-state index is 0.240. The topological polar surface area (TPSA) is 29.3 Å². The van der Waals surface area contributed by atoms with E-state index in [1.54, 1.807) is 0 Å². The highest BCUT2D eigenvalue weighted by molar-refractivity contribution is 9.10. The van der Waals surface area contributed by atoms with Crippen LogP contribution < -0.4 is 10.6 Å². The second kappa shape index (κ2) is 8.04. The van der Waals surface area contributed by atoms with Gasteiger partial charge in [-0.3, -0.25) is 0 Å². The molecule has 0 heterocycles. The van der Waals surface area contributed by atoms with E-state index in [1.807, 2.05) is 0 Å². The lowest BCUT2D eigenvalue weighted by Crippen LogP contribution is -2.32. The molecule has 114 valence electrons. The number of nitrogens with zero attached hydrogens (tertiary/aromatic N) is 1. The fourth-order valence-electron chi connectivity index (χ4n) is 2.54. The van der Waals surface area contributed by atoms with E-state index in [1.165, 1.54) is 17.7 Å². The Hall–Kier alpha value is -0.540. The lowest BCUT2D eigenvalue weighted by molar-refractivity contribution is 0.503. The van der Waals surface area contributed by atoms with Crippen LogP contribution in [0.5, 0.6) is 0 Å². The van der Waals surface area contributed by atoms with Crippen LogP contribution in [0.25, 0.3) is 0 Å². The van der Waals surface area contributed by atoms with Crippen LogP contribution in [0.2, 0.25) is 0 Å². The number of hydrogen-bond acceptors (Lipinski definition) is 2. The molecular weight excluding hydrogens is 312 g/mol. The molecule has 0 aliphatic rings. The van der Waals surface area contributed by atoms with Crippen LogP contribution in [0.4, 0.5) is 5.69 Å². The van der Waals surface area contributed by atoms with Crippen molar-refractivity contribution < 1.29 is 0 Å². The van der Waals surface area contributed by atoms with E-state index in [2.05, 4.69) is 73.8 Å². The van der Waals surface area contributed by atoms with Gasteiger partial charge in [0.25, 0.3) is 0 Å². The molecule has 2 nitrogen and oxygen atoms in total. The summed E-state index contributed by atoms with van der Waals surface area (Å²) in [6.45, 7) is 9.00. The van der Waals surface area contributed by atoms with Gasteiger partial charge in [0.1, 0.15) is 0 Å². The summed E-state index contributed by atoms with van der Waals surface area (Å²) < 4.78 is 1.13. The van der Waals surface area contributed by atoms with E-state index in [0.29, 0.717) is 12.0 Å². The van der Waals surface area contributed by atoms with Crippen molar-refractivity contribution in [1.82, 2.24) is 0 Å². The van der Waals surface area contributed by atoms with E-state index in [9.17, 15) is 0 Å². The highest BCUT2D eigenvalue weighted by Gasteiger charge is 2.16. The van der Waals surface area contributed by atoms with Crippen molar-refractivity contribution in [3.63, 3.8) is 0 Å². The van der Waals surface area contributed by atoms with Crippen molar-refractivity contribution in [1.29, 1.82) is 0 Å². The number of nitrogens with two attached hydrogens (primary N) is 1. The Bertz CT molecular complexity index is 417. The molecule has 2 N–H and O–H groups in total. The summed E-state index contributed by atoms with van der Waals surface area (Å²) in [5.74, 6) is 0.709. The Morgan fingerprint density at radius 3 is 2.45 bits per heavy atom. The van der Waals surface area contributed by atoms with Gasteiger partial charge < -0.3 is 10.6 Å². The van der Waals surface area contributed by atoms with Crippen LogP contribution in [-0.2, 0) is 6.42 Å². The van der Waals surface area contributed by atoms with Gasteiger partial charge in [-0.1, -0.05) is 42.8 Å². The van der Waals surface area contributed by atoms with Crippen molar-refractivity contribution in [3.05, 3.63) is 28.2 Å². The molecule has 20 heavy (non-hydrogen) atoms. The largest absolute Gasteiger partial charge is 0.372 e. The molecule has 0 saturated carbocycles. The summed E-state index contributed by atoms with van der Waals surface area (Å²) in [6, 6.07) is 7.30. The zero-order chi connectivity index (χ0) is 15.3. The van der Waals surface area contributed by atoms with Crippen molar-refractivity contribution in [2.45, 2.75) is 59.0 Å². The lowest BCUT2D eigenvalue weighted by atomic mass is 9.99. The van der Waals surface area contributed by atoms with Gasteiger partial charge in [0, 0.05) is 29.3 Å². The molecule has 0 radical (unpaired) electrons. The average Bonchev–Trinajstić information content (AvgIpc) is 2.38. The van der Waals surface area contributed by atoms with Gasteiger partial charge in [-0.05, 0) is 49.8 Å². The Balaban J connectivity index is 2.98. The fraction of sp³-hybridized carbons (Fsp3) is 0.647. The highest BCUT2D eigenvalue weighted by Crippen LogP contribution is 2.28. The predicted octanol–water partition coefficient (Wildman–Crippen LogP) is 4.60. The average molecular weight is 341 g/mol. The molecule has 2 unspecified atom stereocenters. The van der Waals surface area contributed by atoms with Crippen LogP contribution in [0.3, 0.4) is 0 Å². The monoisotopic (exact) mass is 340 g/mol. The van der Waals surface area contributed by atoms with Gasteiger partial charge in [-0.25, -0.2) is 0 Å². The molecule has 0 saturated heterocycles. The number of benzene rings is 1. The molecule has 0 aliphatic heterocycles. The molecule has 0 aliphatic carbocycles. The smallest absolute Gasteiger partial charge is 0.0410 e. The molecule has 0 spiro atoms. The first-order valence-electron chi connectivity index (χ1n) is 7.62. The molecule has 0 aromatic heterocycles. The van der Waals surface area contributed by atoms with Gasteiger partial charge in [-0.2, -0.15) is 0 Å². The second-order valence-electron chi connectivity index (χ2n) is 6.23. The number of anilines is 1. The third-order valence-corrected chi connectivity index (χ3v) is 4.40. The highest BCUT2D eigenvalue weighted by atomic mass is 79.9. The first kappa shape index (κ1) is 17.5. The van der Waals surface area contributed by atoms with Crippen LogP contribution >= 0.6 is 15.9 Å². The van der Waals surface area contributed by atoms with Gasteiger partial charge in [-0.15, -0.1) is 0 Å². The van der Waals surface area contributed by atoms with Gasteiger partial charge in [0.2, 0.25) is 0 Å². The van der Waals surface area contributed by atoms with Crippen LogP contribution in [0, 0.1) is 5.92 Å². The first-order chi connectivity index (χ1) is 9.35. The van der Waals surface area contributed by atoms with Crippen molar-refractivity contribution in [3.8, 4) is 0 Å². The predicted molar refractivity (Wildman–Crippen MR) is 93.4 cm³/mol. The Morgan fingerprint density at radius 2 is 1.90 bits per heavy atom. The molecule has 0 fully saturated rings. The third-order valence-electron chi connectivity index (χ3n) is 3.91. The minimum Gasteiger partial charge on any atom is -0.372 e. The van der Waals surface area contributed by atoms with E-state index >= 15 is 0 Å². The molecule has 0 bridgehead atoms. The second-order valence-corrected chi connectivity index (χ2v) is 7.15. The van der Waals surface area contributed by atoms with Crippen molar-refractivity contribution in [2.24, 2.45) is 11.7 Å². The van der Waals surface area contributed by atoms with Crippen molar-refractivity contribution in [2.75, 3.05) is 11.9 Å². The van der Waals surface area contributed by atoms with E-state index in [0.717, 1.165) is 17.3 Å². The quantitative estimate of drug-likeness (QED) is 0.785. The molecule has 2 atom stereocenters. The maximum atomic E-state index is 6.14. The molecule has 1 aromatic rings. The van der Waals surface area contributed by atoms with Crippen LogP contribution in [0.15, 0.2) is 22.7 Å². The van der Waals surface area contributed by atoms with Gasteiger partial charge in [0.15, 0.2) is 0 Å². The number of rotatable bonds is 7. The Labute approximate surface area is 132 Å². The normalized spacial score (nSPS) is 14.4. The number of hydrogen-bond donors (Lipinski definition) is 1. The number of halogens is 1.